The zero-order valence-corrected chi connectivity index (χ0v) is 10.1. The van der Waals surface area contributed by atoms with Gasteiger partial charge in [0.25, 0.3) is 0 Å². The summed E-state index contributed by atoms with van der Waals surface area (Å²) in [5.41, 5.74) is 0.871. The Morgan fingerprint density at radius 1 is 1.50 bits per heavy atom. The number of hydrogen-bond acceptors (Lipinski definition) is 4. The van der Waals surface area contributed by atoms with Gasteiger partial charge in [-0.15, -0.1) is 0 Å². The van der Waals surface area contributed by atoms with Crippen LogP contribution < -0.4 is 0 Å². The van der Waals surface area contributed by atoms with Gasteiger partial charge in [-0.25, -0.2) is 9.18 Å². The van der Waals surface area contributed by atoms with Crippen LogP contribution >= 0.6 is 0 Å². The van der Waals surface area contributed by atoms with E-state index in [1.54, 1.807) is 30.9 Å². The molecule has 0 aliphatic carbocycles. The second-order valence-electron chi connectivity index (χ2n) is 3.64. The normalized spacial score (nSPS) is 10.4. The summed E-state index contributed by atoms with van der Waals surface area (Å²) in [5, 5.41) is 4.14. The molecule has 2 rings (SSSR count). The van der Waals surface area contributed by atoms with E-state index >= 15 is 0 Å². The van der Waals surface area contributed by atoms with Gasteiger partial charge >= 0.3 is 5.97 Å². The number of carbonyl (C=O) groups excluding carboxylic acids is 1. The maximum Gasteiger partial charge on any atom is 0.341 e. The van der Waals surface area contributed by atoms with Crippen molar-refractivity contribution in [3.63, 3.8) is 0 Å². The van der Waals surface area contributed by atoms with E-state index in [4.69, 9.17) is 4.74 Å². The zero-order chi connectivity index (χ0) is 13.1. The van der Waals surface area contributed by atoms with Gasteiger partial charge < -0.3 is 4.74 Å². The molecule has 0 unspecified atom stereocenters. The third-order valence-electron chi connectivity index (χ3n) is 2.33. The number of hydrogen-bond donors (Lipinski definition) is 0. The van der Waals surface area contributed by atoms with Crippen LogP contribution in [0.2, 0.25) is 0 Å². The SMILES string of the molecule is CCOC(=O)c1cc(-c2ccn(C)n2)ncc1F. The van der Waals surface area contributed by atoms with Gasteiger partial charge in [0, 0.05) is 13.2 Å². The first-order chi connectivity index (χ1) is 8.61. The second kappa shape index (κ2) is 4.95. The Bertz CT molecular complexity index is 580. The predicted molar refractivity (Wildman–Crippen MR) is 62.4 cm³/mol. The van der Waals surface area contributed by atoms with E-state index in [0.29, 0.717) is 11.4 Å². The van der Waals surface area contributed by atoms with Gasteiger partial charge in [-0.3, -0.25) is 9.67 Å². The summed E-state index contributed by atoms with van der Waals surface area (Å²) in [5.74, 6) is -1.40. The largest absolute Gasteiger partial charge is 0.462 e. The van der Waals surface area contributed by atoms with Crippen LogP contribution in [-0.2, 0) is 11.8 Å². The molecule has 0 N–H and O–H groups in total. The minimum absolute atomic E-state index is 0.132. The lowest BCUT2D eigenvalue weighted by molar-refractivity contribution is 0.0521. The molecule has 2 aromatic rings. The van der Waals surface area contributed by atoms with Crippen molar-refractivity contribution in [1.29, 1.82) is 0 Å². The Morgan fingerprint density at radius 3 is 2.89 bits per heavy atom. The highest BCUT2D eigenvalue weighted by atomic mass is 19.1. The fourth-order valence-electron chi connectivity index (χ4n) is 1.50. The summed E-state index contributed by atoms with van der Waals surface area (Å²) in [6.45, 7) is 1.86. The highest BCUT2D eigenvalue weighted by Crippen LogP contribution is 2.18. The number of esters is 1. The van der Waals surface area contributed by atoms with Crippen molar-refractivity contribution in [3.05, 3.63) is 35.9 Å². The molecular formula is C12H12FN3O2. The van der Waals surface area contributed by atoms with Crippen molar-refractivity contribution in [2.24, 2.45) is 7.05 Å². The number of aromatic nitrogens is 3. The van der Waals surface area contributed by atoms with Crippen LogP contribution in [0.3, 0.4) is 0 Å². The van der Waals surface area contributed by atoms with E-state index in [1.807, 2.05) is 0 Å². The zero-order valence-electron chi connectivity index (χ0n) is 10.1. The molecule has 5 nitrogen and oxygen atoms in total. The topological polar surface area (TPSA) is 57.0 Å². The van der Waals surface area contributed by atoms with Gasteiger partial charge in [-0.1, -0.05) is 0 Å². The lowest BCUT2D eigenvalue weighted by atomic mass is 10.2. The van der Waals surface area contributed by atoms with Gasteiger partial charge in [0.1, 0.15) is 5.69 Å². The van der Waals surface area contributed by atoms with Crippen molar-refractivity contribution in [3.8, 4) is 11.4 Å². The summed E-state index contributed by atoms with van der Waals surface area (Å²) in [7, 11) is 1.76. The fraction of sp³-hybridized carbons (Fsp3) is 0.250. The van der Waals surface area contributed by atoms with Crippen molar-refractivity contribution in [2.75, 3.05) is 6.61 Å². The highest BCUT2D eigenvalue weighted by Gasteiger charge is 2.15. The van der Waals surface area contributed by atoms with Gasteiger partial charge in [0.05, 0.1) is 24.1 Å². The minimum atomic E-state index is -0.701. The molecule has 2 aromatic heterocycles. The molecular weight excluding hydrogens is 237 g/mol. The first-order valence-corrected chi connectivity index (χ1v) is 5.44. The van der Waals surface area contributed by atoms with Gasteiger partial charge in [-0.05, 0) is 19.1 Å². The molecule has 6 heteroatoms. The molecule has 0 fully saturated rings. The number of rotatable bonds is 3. The average Bonchev–Trinajstić information content (AvgIpc) is 2.77. The second-order valence-corrected chi connectivity index (χ2v) is 3.64. The highest BCUT2D eigenvalue weighted by molar-refractivity contribution is 5.90. The maximum absolute atomic E-state index is 13.5. The van der Waals surface area contributed by atoms with E-state index < -0.39 is 11.8 Å². The first-order valence-electron chi connectivity index (χ1n) is 5.44. The summed E-state index contributed by atoms with van der Waals surface area (Å²) in [4.78, 5) is 15.4. The predicted octanol–water partition coefficient (Wildman–Crippen LogP) is 1.80. The van der Waals surface area contributed by atoms with Gasteiger partial charge in [-0.2, -0.15) is 5.10 Å². The molecule has 0 saturated carbocycles. The Kier molecular flexibility index (Phi) is 3.36. The summed E-state index contributed by atoms with van der Waals surface area (Å²) >= 11 is 0. The molecule has 0 atom stereocenters. The van der Waals surface area contributed by atoms with Crippen LogP contribution in [-0.4, -0.2) is 27.3 Å². The standard InChI is InChI=1S/C12H12FN3O2/c1-3-18-12(17)8-6-11(14-7-9(8)13)10-4-5-16(2)15-10/h4-7H,3H2,1-2H3. The van der Waals surface area contributed by atoms with Crippen LogP contribution in [0.15, 0.2) is 24.5 Å². The number of nitrogens with zero attached hydrogens (tertiary/aromatic N) is 3. The lowest BCUT2D eigenvalue weighted by Gasteiger charge is -2.04. The molecule has 0 saturated heterocycles. The number of pyridine rings is 1. The third-order valence-corrected chi connectivity index (χ3v) is 2.33. The Labute approximate surface area is 103 Å². The molecule has 18 heavy (non-hydrogen) atoms. The summed E-state index contributed by atoms with van der Waals surface area (Å²) < 4.78 is 19.8. The van der Waals surface area contributed by atoms with Crippen molar-refractivity contribution >= 4 is 5.97 Å². The van der Waals surface area contributed by atoms with Gasteiger partial charge in [0.15, 0.2) is 5.82 Å². The van der Waals surface area contributed by atoms with E-state index in [1.165, 1.54) is 6.07 Å². The molecule has 0 aliphatic heterocycles. The first kappa shape index (κ1) is 12.2. The number of ether oxygens (including phenoxy) is 1. The van der Waals surface area contributed by atoms with E-state index in [9.17, 15) is 9.18 Å². The van der Waals surface area contributed by atoms with Crippen molar-refractivity contribution < 1.29 is 13.9 Å². The molecule has 0 aliphatic rings. The molecule has 0 bridgehead atoms. The monoisotopic (exact) mass is 249 g/mol. The average molecular weight is 249 g/mol. The summed E-state index contributed by atoms with van der Waals surface area (Å²) in [6, 6.07) is 3.07. The Balaban J connectivity index is 2.40. The van der Waals surface area contributed by atoms with Crippen LogP contribution in [0.1, 0.15) is 17.3 Å². The van der Waals surface area contributed by atoms with E-state index in [0.717, 1.165) is 6.20 Å². The van der Waals surface area contributed by atoms with Crippen LogP contribution in [0.25, 0.3) is 11.4 Å². The van der Waals surface area contributed by atoms with Crippen molar-refractivity contribution in [1.82, 2.24) is 14.8 Å². The van der Waals surface area contributed by atoms with Crippen LogP contribution in [0.4, 0.5) is 4.39 Å². The smallest absolute Gasteiger partial charge is 0.341 e. The molecule has 94 valence electrons. The lowest BCUT2D eigenvalue weighted by Crippen LogP contribution is -2.08. The van der Waals surface area contributed by atoms with E-state index in [-0.39, 0.29) is 12.2 Å². The van der Waals surface area contributed by atoms with E-state index in [2.05, 4.69) is 10.1 Å². The van der Waals surface area contributed by atoms with Gasteiger partial charge in [0.2, 0.25) is 0 Å². The summed E-state index contributed by atoms with van der Waals surface area (Å²) in [6.07, 6.45) is 2.74. The molecule has 2 heterocycles. The fourth-order valence-corrected chi connectivity index (χ4v) is 1.50. The number of aryl methyl sites for hydroxylation is 1. The molecule has 0 amide bonds. The quantitative estimate of drug-likeness (QED) is 0.778. The maximum atomic E-state index is 13.5. The number of halogens is 1. The van der Waals surface area contributed by atoms with Crippen molar-refractivity contribution in [2.45, 2.75) is 6.92 Å². The third kappa shape index (κ3) is 2.37. The minimum Gasteiger partial charge on any atom is -0.462 e. The molecule has 0 aromatic carbocycles. The number of carbonyl (C=O) groups is 1. The molecule has 0 radical (unpaired) electrons. The van der Waals surface area contributed by atoms with Crippen LogP contribution in [0, 0.1) is 5.82 Å². The Morgan fingerprint density at radius 2 is 2.28 bits per heavy atom. The molecule has 0 spiro atoms. The Hall–Kier alpha value is -2.24. The van der Waals surface area contributed by atoms with Crippen LogP contribution in [0.5, 0.6) is 0 Å².